The molecule has 0 spiro atoms. The zero-order valence-corrected chi connectivity index (χ0v) is 12.5. The molecular formula is C16H13Cl2FO2. The van der Waals surface area contributed by atoms with Crippen molar-refractivity contribution in [3.63, 3.8) is 0 Å². The fourth-order valence-electron chi connectivity index (χ4n) is 2.12. The average molecular weight is 327 g/mol. The van der Waals surface area contributed by atoms with Crippen LogP contribution in [0.5, 0.6) is 0 Å². The van der Waals surface area contributed by atoms with Crippen molar-refractivity contribution >= 4 is 29.2 Å². The van der Waals surface area contributed by atoms with Crippen LogP contribution in [-0.2, 0) is 17.6 Å². The Hall–Kier alpha value is -1.58. The van der Waals surface area contributed by atoms with Gasteiger partial charge >= 0.3 is 5.97 Å². The lowest BCUT2D eigenvalue weighted by atomic mass is 9.92. The average Bonchev–Trinajstić information content (AvgIpc) is 2.45. The van der Waals surface area contributed by atoms with Crippen molar-refractivity contribution in [1.82, 2.24) is 0 Å². The molecule has 5 heteroatoms. The molecule has 0 radical (unpaired) electrons. The lowest BCUT2D eigenvalue weighted by Crippen LogP contribution is -2.19. The number of carboxylic acid groups (broad SMARTS) is 1. The molecule has 1 N–H and O–H groups in total. The van der Waals surface area contributed by atoms with E-state index in [1.807, 2.05) is 0 Å². The normalized spacial score (nSPS) is 12.1. The predicted octanol–water partition coefficient (Wildman–Crippen LogP) is 4.62. The van der Waals surface area contributed by atoms with Gasteiger partial charge < -0.3 is 5.11 Å². The van der Waals surface area contributed by atoms with E-state index in [1.165, 1.54) is 12.1 Å². The van der Waals surface area contributed by atoms with Gasteiger partial charge in [0.1, 0.15) is 5.82 Å². The molecule has 2 nitrogen and oxygen atoms in total. The fourth-order valence-corrected chi connectivity index (χ4v) is 2.45. The molecule has 0 aliphatic heterocycles. The highest BCUT2D eigenvalue weighted by Crippen LogP contribution is 2.24. The first kappa shape index (κ1) is 15.8. The Labute approximate surface area is 132 Å². The second kappa shape index (κ2) is 6.92. The summed E-state index contributed by atoms with van der Waals surface area (Å²) in [4.78, 5) is 11.4. The minimum Gasteiger partial charge on any atom is -0.481 e. The summed E-state index contributed by atoms with van der Waals surface area (Å²) in [7, 11) is 0. The van der Waals surface area contributed by atoms with E-state index in [1.54, 1.807) is 30.3 Å². The highest BCUT2D eigenvalue weighted by molar-refractivity contribution is 6.31. The van der Waals surface area contributed by atoms with Crippen molar-refractivity contribution in [3.05, 3.63) is 69.5 Å². The van der Waals surface area contributed by atoms with Crippen LogP contribution in [0.4, 0.5) is 4.39 Å². The molecule has 0 aliphatic carbocycles. The molecule has 2 rings (SSSR count). The zero-order chi connectivity index (χ0) is 15.4. The Balaban J connectivity index is 2.18. The molecule has 21 heavy (non-hydrogen) atoms. The third kappa shape index (κ3) is 4.19. The zero-order valence-electron chi connectivity index (χ0n) is 11.0. The van der Waals surface area contributed by atoms with Crippen molar-refractivity contribution in [2.45, 2.75) is 12.8 Å². The maximum absolute atomic E-state index is 13.4. The van der Waals surface area contributed by atoms with E-state index in [4.69, 9.17) is 23.2 Å². The molecule has 2 aromatic carbocycles. The number of carboxylic acids is 1. The van der Waals surface area contributed by atoms with Gasteiger partial charge in [0.2, 0.25) is 0 Å². The molecule has 0 saturated carbocycles. The summed E-state index contributed by atoms with van der Waals surface area (Å²) in [6.07, 6.45) is 0.508. The maximum atomic E-state index is 13.4. The highest BCUT2D eigenvalue weighted by Gasteiger charge is 2.20. The number of rotatable bonds is 5. The SMILES string of the molecule is O=C(O)C(Cc1ccc(Cl)cc1)Cc1cccc(F)c1Cl. The summed E-state index contributed by atoms with van der Waals surface area (Å²) in [6.45, 7) is 0. The van der Waals surface area contributed by atoms with E-state index >= 15 is 0 Å². The summed E-state index contributed by atoms with van der Waals surface area (Å²) in [5, 5.41) is 9.93. The van der Waals surface area contributed by atoms with Gasteiger partial charge in [-0.15, -0.1) is 0 Å². The van der Waals surface area contributed by atoms with Crippen molar-refractivity contribution in [2.24, 2.45) is 5.92 Å². The van der Waals surface area contributed by atoms with E-state index in [0.717, 1.165) is 5.56 Å². The quantitative estimate of drug-likeness (QED) is 0.870. The van der Waals surface area contributed by atoms with Crippen LogP contribution >= 0.6 is 23.2 Å². The van der Waals surface area contributed by atoms with E-state index in [0.29, 0.717) is 17.0 Å². The number of hydrogen-bond acceptors (Lipinski definition) is 1. The van der Waals surface area contributed by atoms with Crippen LogP contribution in [-0.4, -0.2) is 11.1 Å². The van der Waals surface area contributed by atoms with Gasteiger partial charge in [-0.3, -0.25) is 4.79 Å². The van der Waals surface area contributed by atoms with Crippen LogP contribution in [0.1, 0.15) is 11.1 Å². The minimum absolute atomic E-state index is 0.0140. The van der Waals surface area contributed by atoms with E-state index in [2.05, 4.69) is 0 Å². The topological polar surface area (TPSA) is 37.3 Å². The van der Waals surface area contributed by atoms with Gasteiger partial charge in [-0.05, 0) is 42.2 Å². The molecule has 1 atom stereocenters. The second-order valence-electron chi connectivity index (χ2n) is 4.78. The Bertz CT molecular complexity index is 641. The number of halogens is 3. The van der Waals surface area contributed by atoms with Crippen molar-refractivity contribution < 1.29 is 14.3 Å². The van der Waals surface area contributed by atoms with Crippen LogP contribution in [0.25, 0.3) is 0 Å². The van der Waals surface area contributed by atoms with Crippen LogP contribution in [0.15, 0.2) is 42.5 Å². The second-order valence-corrected chi connectivity index (χ2v) is 5.60. The van der Waals surface area contributed by atoms with Crippen molar-refractivity contribution in [3.8, 4) is 0 Å². The predicted molar refractivity (Wildman–Crippen MR) is 81.4 cm³/mol. The van der Waals surface area contributed by atoms with Gasteiger partial charge in [0.05, 0.1) is 10.9 Å². The van der Waals surface area contributed by atoms with Crippen molar-refractivity contribution in [1.29, 1.82) is 0 Å². The standard InChI is InChI=1S/C16H13Cl2FO2/c17-13-6-4-10(5-7-13)8-12(16(20)21)9-11-2-1-3-14(19)15(11)18/h1-7,12H,8-9H2,(H,20,21). The monoisotopic (exact) mass is 326 g/mol. The summed E-state index contributed by atoms with van der Waals surface area (Å²) in [5.41, 5.74) is 1.36. The third-order valence-corrected chi connectivity index (χ3v) is 3.92. The summed E-state index contributed by atoms with van der Waals surface area (Å²) in [6, 6.07) is 11.4. The van der Waals surface area contributed by atoms with Gasteiger partial charge in [0.25, 0.3) is 0 Å². The Morgan fingerprint density at radius 3 is 2.38 bits per heavy atom. The number of carbonyl (C=O) groups is 1. The van der Waals surface area contributed by atoms with Crippen LogP contribution in [0.2, 0.25) is 10.0 Å². The third-order valence-electron chi connectivity index (χ3n) is 3.24. The highest BCUT2D eigenvalue weighted by atomic mass is 35.5. The van der Waals surface area contributed by atoms with Crippen molar-refractivity contribution in [2.75, 3.05) is 0 Å². The largest absolute Gasteiger partial charge is 0.481 e. The Morgan fingerprint density at radius 1 is 1.10 bits per heavy atom. The summed E-state index contributed by atoms with van der Waals surface area (Å²) in [5.74, 6) is -2.15. The van der Waals surface area contributed by atoms with Gasteiger partial charge in [0, 0.05) is 5.02 Å². The lowest BCUT2D eigenvalue weighted by Gasteiger charge is -2.14. The Morgan fingerprint density at radius 2 is 1.76 bits per heavy atom. The summed E-state index contributed by atoms with van der Waals surface area (Å²) < 4.78 is 13.4. The molecule has 0 aromatic heterocycles. The minimum atomic E-state index is -0.940. The fraction of sp³-hybridized carbons (Fsp3) is 0.188. The molecule has 2 aromatic rings. The molecule has 0 aliphatic rings. The van der Waals surface area contributed by atoms with Crippen LogP contribution in [0.3, 0.4) is 0 Å². The number of hydrogen-bond donors (Lipinski definition) is 1. The first-order valence-corrected chi connectivity index (χ1v) is 7.13. The van der Waals surface area contributed by atoms with Crippen LogP contribution in [0, 0.1) is 11.7 Å². The maximum Gasteiger partial charge on any atom is 0.307 e. The molecule has 0 amide bonds. The molecule has 110 valence electrons. The lowest BCUT2D eigenvalue weighted by molar-refractivity contribution is -0.141. The number of benzene rings is 2. The summed E-state index contributed by atoms with van der Waals surface area (Å²) >= 11 is 11.7. The first-order valence-electron chi connectivity index (χ1n) is 6.37. The molecular weight excluding hydrogens is 314 g/mol. The Kier molecular flexibility index (Phi) is 5.21. The van der Waals surface area contributed by atoms with E-state index < -0.39 is 17.7 Å². The van der Waals surface area contributed by atoms with Crippen LogP contribution < -0.4 is 0 Å². The molecule has 0 saturated heterocycles. The first-order chi connectivity index (χ1) is 9.97. The van der Waals surface area contributed by atoms with Gasteiger partial charge in [-0.1, -0.05) is 47.5 Å². The van der Waals surface area contributed by atoms with E-state index in [9.17, 15) is 14.3 Å². The van der Waals surface area contributed by atoms with E-state index in [-0.39, 0.29) is 11.4 Å². The van der Waals surface area contributed by atoms with Gasteiger partial charge in [-0.2, -0.15) is 0 Å². The molecule has 0 heterocycles. The molecule has 0 fully saturated rings. The smallest absolute Gasteiger partial charge is 0.307 e. The molecule has 1 unspecified atom stereocenters. The molecule has 0 bridgehead atoms. The number of aliphatic carboxylic acids is 1. The van der Waals surface area contributed by atoms with Gasteiger partial charge in [-0.25, -0.2) is 4.39 Å². The van der Waals surface area contributed by atoms with Gasteiger partial charge in [0.15, 0.2) is 0 Å².